The summed E-state index contributed by atoms with van der Waals surface area (Å²) in [6.07, 6.45) is 2.12. The first-order chi connectivity index (χ1) is 8.09. The van der Waals surface area contributed by atoms with Crippen molar-refractivity contribution in [3.63, 3.8) is 0 Å². The molecular weight excluding hydrogens is 210 g/mol. The van der Waals surface area contributed by atoms with Crippen molar-refractivity contribution in [3.05, 3.63) is 29.8 Å². The van der Waals surface area contributed by atoms with Crippen LogP contribution >= 0.6 is 0 Å². The van der Waals surface area contributed by atoms with Gasteiger partial charge in [-0.25, -0.2) is 0 Å². The third-order valence-corrected chi connectivity index (χ3v) is 2.98. The van der Waals surface area contributed by atoms with E-state index in [1.165, 1.54) is 5.56 Å². The summed E-state index contributed by atoms with van der Waals surface area (Å²) in [5, 5.41) is 0. The third-order valence-electron chi connectivity index (χ3n) is 2.98. The molecule has 1 unspecified atom stereocenters. The van der Waals surface area contributed by atoms with Crippen LogP contribution in [-0.2, 0) is 6.42 Å². The Morgan fingerprint density at radius 3 is 2.47 bits per heavy atom. The molecule has 0 saturated carbocycles. The fourth-order valence-electron chi connectivity index (χ4n) is 2.05. The second kappa shape index (κ2) is 6.06. The van der Waals surface area contributed by atoms with Crippen LogP contribution in [0.15, 0.2) is 24.3 Å². The Labute approximate surface area is 106 Å². The van der Waals surface area contributed by atoms with E-state index in [-0.39, 0.29) is 5.60 Å². The van der Waals surface area contributed by atoms with Crippen molar-refractivity contribution in [2.75, 3.05) is 20.6 Å². The van der Waals surface area contributed by atoms with Gasteiger partial charge in [0.25, 0.3) is 0 Å². The van der Waals surface area contributed by atoms with Crippen LogP contribution in [0.5, 0.6) is 5.75 Å². The molecule has 96 valence electrons. The average molecular weight is 235 g/mol. The minimum Gasteiger partial charge on any atom is -0.487 e. The normalized spacial score (nSPS) is 21.5. The van der Waals surface area contributed by atoms with Gasteiger partial charge in [-0.2, -0.15) is 0 Å². The first-order valence-electron chi connectivity index (χ1n) is 6.51. The smallest absolute Gasteiger partial charge is 0.123 e. The number of rotatable bonds is 3. The van der Waals surface area contributed by atoms with Crippen molar-refractivity contribution in [1.29, 1.82) is 0 Å². The highest BCUT2D eigenvalue weighted by Crippen LogP contribution is 2.36. The highest BCUT2D eigenvalue weighted by Gasteiger charge is 2.33. The van der Waals surface area contributed by atoms with E-state index < -0.39 is 0 Å². The molecule has 0 fully saturated rings. The number of hydrogen-bond acceptors (Lipinski definition) is 2. The molecule has 1 heterocycles. The Bertz CT molecular complexity index is 322. The van der Waals surface area contributed by atoms with Gasteiger partial charge in [-0.3, -0.25) is 0 Å². The monoisotopic (exact) mass is 235 g/mol. The quantitative estimate of drug-likeness (QED) is 0.796. The van der Waals surface area contributed by atoms with Gasteiger partial charge < -0.3 is 9.64 Å². The highest BCUT2D eigenvalue weighted by molar-refractivity contribution is 5.38. The molecule has 1 atom stereocenters. The van der Waals surface area contributed by atoms with Gasteiger partial charge in [-0.15, -0.1) is 0 Å². The Hall–Kier alpha value is -1.02. The number of benzene rings is 1. The molecule has 0 saturated heterocycles. The molecule has 2 nitrogen and oxygen atoms in total. The van der Waals surface area contributed by atoms with Crippen LogP contribution in [-0.4, -0.2) is 31.1 Å². The first kappa shape index (κ1) is 14.0. The Balaban J connectivity index is 0.000000686. The maximum atomic E-state index is 6.02. The van der Waals surface area contributed by atoms with E-state index in [2.05, 4.69) is 44.1 Å². The number of para-hydroxylation sites is 1. The van der Waals surface area contributed by atoms with Gasteiger partial charge in [0.2, 0.25) is 0 Å². The van der Waals surface area contributed by atoms with Crippen molar-refractivity contribution < 1.29 is 4.74 Å². The van der Waals surface area contributed by atoms with Crippen LogP contribution in [0.4, 0.5) is 0 Å². The summed E-state index contributed by atoms with van der Waals surface area (Å²) in [6.45, 7) is 7.28. The summed E-state index contributed by atoms with van der Waals surface area (Å²) in [6, 6.07) is 8.35. The third kappa shape index (κ3) is 3.74. The highest BCUT2D eigenvalue weighted by atomic mass is 16.5. The van der Waals surface area contributed by atoms with Crippen LogP contribution in [0, 0.1) is 0 Å². The van der Waals surface area contributed by atoms with Crippen LogP contribution in [0.25, 0.3) is 0 Å². The second-order valence-corrected chi connectivity index (χ2v) is 4.89. The summed E-state index contributed by atoms with van der Waals surface area (Å²) in [7, 11) is 4.21. The van der Waals surface area contributed by atoms with E-state index in [0.29, 0.717) is 0 Å². The molecule has 1 aromatic rings. The molecular formula is C15H25NO. The Morgan fingerprint density at radius 2 is 1.88 bits per heavy atom. The van der Waals surface area contributed by atoms with Gasteiger partial charge in [0.05, 0.1) is 0 Å². The Morgan fingerprint density at radius 1 is 1.24 bits per heavy atom. The predicted molar refractivity (Wildman–Crippen MR) is 73.7 cm³/mol. The Kier molecular flexibility index (Phi) is 5.01. The summed E-state index contributed by atoms with van der Waals surface area (Å²) < 4.78 is 6.02. The first-order valence-corrected chi connectivity index (χ1v) is 6.51. The SMILES string of the molecule is CC.CN(C)CCC1(C)Cc2ccccc2O1. The number of nitrogens with zero attached hydrogens (tertiary/aromatic N) is 1. The van der Waals surface area contributed by atoms with E-state index in [9.17, 15) is 0 Å². The lowest BCUT2D eigenvalue weighted by atomic mass is 9.96. The summed E-state index contributed by atoms with van der Waals surface area (Å²) in [4.78, 5) is 2.21. The minimum absolute atomic E-state index is 0.00600. The molecule has 1 aliphatic rings. The van der Waals surface area contributed by atoms with Crippen molar-refractivity contribution in [3.8, 4) is 5.75 Å². The topological polar surface area (TPSA) is 12.5 Å². The molecule has 0 N–H and O–H groups in total. The standard InChI is InChI=1S/C13H19NO.C2H6/c1-13(8-9-14(2)3)10-11-6-4-5-7-12(11)15-13;1-2/h4-7H,8-10H2,1-3H3;1-2H3. The van der Waals surface area contributed by atoms with Gasteiger partial charge in [0, 0.05) is 13.0 Å². The summed E-state index contributed by atoms with van der Waals surface area (Å²) in [5.74, 6) is 1.07. The maximum Gasteiger partial charge on any atom is 0.123 e. The number of hydrogen-bond donors (Lipinski definition) is 0. The van der Waals surface area contributed by atoms with Gasteiger partial charge in [0.1, 0.15) is 11.4 Å². The van der Waals surface area contributed by atoms with Gasteiger partial charge >= 0.3 is 0 Å². The maximum absolute atomic E-state index is 6.02. The van der Waals surface area contributed by atoms with Crippen molar-refractivity contribution in [2.45, 2.75) is 39.2 Å². The molecule has 2 rings (SSSR count). The predicted octanol–water partition coefficient (Wildman–Crippen LogP) is 3.36. The lowest BCUT2D eigenvalue weighted by Gasteiger charge is -2.25. The number of ether oxygens (including phenoxy) is 1. The molecule has 0 bridgehead atoms. The second-order valence-electron chi connectivity index (χ2n) is 4.89. The lowest BCUT2D eigenvalue weighted by Crippen LogP contribution is -2.34. The molecule has 0 spiro atoms. The zero-order chi connectivity index (χ0) is 12.9. The summed E-state index contributed by atoms with van der Waals surface area (Å²) >= 11 is 0. The molecule has 0 amide bonds. The van der Waals surface area contributed by atoms with E-state index in [1.54, 1.807) is 0 Å². The van der Waals surface area contributed by atoms with Crippen molar-refractivity contribution in [1.82, 2.24) is 4.90 Å². The van der Waals surface area contributed by atoms with Crippen molar-refractivity contribution >= 4 is 0 Å². The molecule has 0 aliphatic carbocycles. The fourth-order valence-corrected chi connectivity index (χ4v) is 2.05. The van der Waals surface area contributed by atoms with Gasteiger partial charge in [0.15, 0.2) is 0 Å². The zero-order valence-corrected chi connectivity index (χ0v) is 11.8. The van der Waals surface area contributed by atoms with Crippen LogP contribution in [0.2, 0.25) is 0 Å². The van der Waals surface area contributed by atoms with E-state index in [1.807, 2.05) is 19.9 Å². The number of fused-ring (bicyclic) bond motifs is 1. The van der Waals surface area contributed by atoms with Gasteiger partial charge in [-0.05, 0) is 39.1 Å². The van der Waals surface area contributed by atoms with E-state index in [4.69, 9.17) is 4.74 Å². The van der Waals surface area contributed by atoms with Crippen LogP contribution < -0.4 is 4.74 Å². The van der Waals surface area contributed by atoms with Gasteiger partial charge in [-0.1, -0.05) is 32.0 Å². The minimum atomic E-state index is -0.00600. The molecule has 0 radical (unpaired) electrons. The zero-order valence-electron chi connectivity index (χ0n) is 11.8. The molecule has 0 aromatic heterocycles. The van der Waals surface area contributed by atoms with Crippen molar-refractivity contribution in [2.24, 2.45) is 0 Å². The molecule has 17 heavy (non-hydrogen) atoms. The van der Waals surface area contributed by atoms with Crippen LogP contribution in [0.1, 0.15) is 32.8 Å². The fraction of sp³-hybridized carbons (Fsp3) is 0.600. The van der Waals surface area contributed by atoms with E-state index in [0.717, 1.165) is 25.1 Å². The molecule has 1 aliphatic heterocycles. The molecule has 1 aromatic carbocycles. The molecule has 2 heteroatoms. The summed E-state index contributed by atoms with van der Waals surface area (Å²) in [5.41, 5.74) is 1.34. The van der Waals surface area contributed by atoms with Crippen LogP contribution in [0.3, 0.4) is 0 Å². The lowest BCUT2D eigenvalue weighted by molar-refractivity contribution is 0.0957. The van der Waals surface area contributed by atoms with E-state index >= 15 is 0 Å². The largest absolute Gasteiger partial charge is 0.487 e. The average Bonchev–Trinajstić information content (AvgIpc) is 2.66.